The van der Waals surface area contributed by atoms with Crippen molar-refractivity contribution in [2.75, 3.05) is 7.05 Å². The lowest BCUT2D eigenvalue weighted by Crippen LogP contribution is -2.36. The SMILES string of the molecule is CC(=O)OC1C=CC(N(C)S(=O)(=O)c2cccc(C)c2)C1. The number of benzene rings is 1. The summed E-state index contributed by atoms with van der Waals surface area (Å²) in [6.45, 7) is 3.19. The van der Waals surface area contributed by atoms with Crippen LogP contribution in [0.25, 0.3) is 0 Å². The molecular formula is C15H19NO4S. The summed E-state index contributed by atoms with van der Waals surface area (Å²) in [6.07, 6.45) is 3.58. The summed E-state index contributed by atoms with van der Waals surface area (Å²) in [5, 5.41) is 0. The summed E-state index contributed by atoms with van der Waals surface area (Å²) in [7, 11) is -2.01. The van der Waals surface area contributed by atoms with E-state index in [4.69, 9.17) is 4.74 Å². The topological polar surface area (TPSA) is 63.7 Å². The van der Waals surface area contributed by atoms with Gasteiger partial charge in [0, 0.05) is 26.4 Å². The van der Waals surface area contributed by atoms with Crippen LogP contribution in [0, 0.1) is 6.92 Å². The summed E-state index contributed by atoms with van der Waals surface area (Å²) >= 11 is 0. The molecule has 1 aliphatic rings. The Labute approximate surface area is 125 Å². The molecular weight excluding hydrogens is 290 g/mol. The van der Waals surface area contributed by atoms with Crippen LogP contribution >= 0.6 is 0 Å². The second-order valence-electron chi connectivity index (χ2n) is 5.17. The number of esters is 1. The van der Waals surface area contributed by atoms with Crippen molar-refractivity contribution >= 4 is 16.0 Å². The molecule has 0 saturated carbocycles. The van der Waals surface area contributed by atoms with Crippen LogP contribution in [0.3, 0.4) is 0 Å². The zero-order valence-electron chi connectivity index (χ0n) is 12.3. The molecule has 0 fully saturated rings. The number of ether oxygens (including phenoxy) is 1. The van der Waals surface area contributed by atoms with Gasteiger partial charge in [-0.15, -0.1) is 0 Å². The molecule has 2 rings (SSSR count). The fraction of sp³-hybridized carbons (Fsp3) is 0.400. The maximum atomic E-state index is 12.6. The summed E-state index contributed by atoms with van der Waals surface area (Å²) in [5.41, 5.74) is 0.893. The van der Waals surface area contributed by atoms with Crippen molar-refractivity contribution in [3.05, 3.63) is 42.0 Å². The zero-order chi connectivity index (χ0) is 15.6. The summed E-state index contributed by atoms with van der Waals surface area (Å²) in [4.78, 5) is 11.2. The molecule has 0 saturated heterocycles. The first-order chi connectivity index (χ1) is 9.80. The number of rotatable bonds is 4. The number of carbonyl (C=O) groups is 1. The van der Waals surface area contributed by atoms with E-state index >= 15 is 0 Å². The molecule has 21 heavy (non-hydrogen) atoms. The van der Waals surface area contributed by atoms with Crippen molar-refractivity contribution in [3.63, 3.8) is 0 Å². The van der Waals surface area contributed by atoms with Crippen molar-refractivity contribution in [2.24, 2.45) is 0 Å². The molecule has 114 valence electrons. The minimum Gasteiger partial charge on any atom is -0.458 e. The van der Waals surface area contributed by atoms with E-state index in [0.717, 1.165) is 5.56 Å². The van der Waals surface area contributed by atoms with Gasteiger partial charge in [-0.3, -0.25) is 4.79 Å². The van der Waals surface area contributed by atoms with E-state index in [0.29, 0.717) is 6.42 Å². The molecule has 5 nitrogen and oxygen atoms in total. The normalized spacial score (nSPS) is 21.7. The van der Waals surface area contributed by atoms with E-state index in [2.05, 4.69) is 0 Å². The van der Waals surface area contributed by atoms with E-state index in [1.165, 1.54) is 11.2 Å². The number of hydrogen-bond donors (Lipinski definition) is 0. The highest BCUT2D eigenvalue weighted by Gasteiger charge is 2.31. The van der Waals surface area contributed by atoms with Crippen molar-refractivity contribution < 1.29 is 17.9 Å². The Kier molecular flexibility index (Phi) is 4.49. The van der Waals surface area contributed by atoms with Gasteiger partial charge in [0.1, 0.15) is 6.10 Å². The molecule has 1 aromatic carbocycles. The maximum Gasteiger partial charge on any atom is 0.303 e. The molecule has 2 unspecified atom stereocenters. The number of hydrogen-bond acceptors (Lipinski definition) is 4. The van der Waals surface area contributed by atoms with Crippen LogP contribution in [0.1, 0.15) is 18.9 Å². The van der Waals surface area contributed by atoms with Crippen molar-refractivity contribution in [3.8, 4) is 0 Å². The molecule has 0 bridgehead atoms. The monoisotopic (exact) mass is 309 g/mol. The maximum absolute atomic E-state index is 12.6. The summed E-state index contributed by atoms with van der Waals surface area (Å²) < 4.78 is 31.6. The van der Waals surface area contributed by atoms with Crippen LogP contribution < -0.4 is 0 Å². The van der Waals surface area contributed by atoms with Gasteiger partial charge in [0.05, 0.1) is 4.90 Å². The molecule has 0 N–H and O–H groups in total. The van der Waals surface area contributed by atoms with Gasteiger partial charge in [-0.25, -0.2) is 8.42 Å². The lowest BCUT2D eigenvalue weighted by atomic mass is 10.2. The van der Waals surface area contributed by atoms with E-state index in [1.54, 1.807) is 37.4 Å². The highest BCUT2D eigenvalue weighted by atomic mass is 32.2. The Morgan fingerprint density at radius 2 is 2.05 bits per heavy atom. The molecule has 0 heterocycles. The van der Waals surface area contributed by atoms with Crippen molar-refractivity contribution in [2.45, 2.75) is 37.3 Å². The highest BCUT2D eigenvalue weighted by molar-refractivity contribution is 7.89. The molecule has 0 spiro atoms. The van der Waals surface area contributed by atoms with Crippen molar-refractivity contribution in [1.29, 1.82) is 0 Å². The van der Waals surface area contributed by atoms with Crippen LogP contribution in [0.15, 0.2) is 41.3 Å². The first kappa shape index (κ1) is 15.7. The Morgan fingerprint density at radius 1 is 1.33 bits per heavy atom. The zero-order valence-corrected chi connectivity index (χ0v) is 13.1. The number of carbonyl (C=O) groups excluding carboxylic acids is 1. The number of sulfonamides is 1. The molecule has 2 atom stereocenters. The third kappa shape index (κ3) is 3.51. The van der Waals surface area contributed by atoms with E-state index in [-0.39, 0.29) is 23.0 Å². The standard InChI is InChI=1S/C15H19NO4S/c1-11-5-4-6-15(9-11)21(18,19)16(3)13-7-8-14(10-13)20-12(2)17/h4-9,13-14H,10H2,1-3H3. The largest absolute Gasteiger partial charge is 0.458 e. The molecule has 0 amide bonds. The predicted octanol–water partition coefficient (Wildman–Crippen LogP) is 1.88. The van der Waals surface area contributed by atoms with Crippen LogP contribution in [0.2, 0.25) is 0 Å². The average Bonchev–Trinajstić information content (AvgIpc) is 2.85. The third-order valence-electron chi connectivity index (χ3n) is 3.47. The molecule has 0 aliphatic heterocycles. The van der Waals surface area contributed by atoms with E-state index in [9.17, 15) is 13.2 Å². The molecule has 1 aliphatic carbocycles. The molecule has 0 aromatic heterocycles. The van der Waals surface area contributed by atoms with Gasteiger partial charge >= 0.3 is 5.97 Å². The minimum absolute atomic E-state index is 0.273. The van der Waals surface area contributed by atoms with E-state index < -0.39 is 10.0 Å². The van der Waals surface area contributed by atoms with Gasteiger partial charge in [0.2, 0.25) is 10.0 Å². The lowest BCUT2D eigenvalue weighted by Gasteiger charge is -2.23. The van der Waals surface area contributed by atoms with Gasteiger partial charge in [0.15, 0.2) is 0 Å². The Hall–Kier alpha value is -1.66. The van der Waals surface area contributed by atoms with E-state index in [1.807, 2.05) is 13.0 Å². The number of likely N-dealkylation sites (N-methyl/N-ethyl adjacent to an activating group) is 1. The Bertz CT molecular complexity index is 666. The van der Waals surface area contributed by atoms with Gasteiger partial charge < -0.3 is 4.74 Å². The Morgan fingerprint density at radius 3 is 2.67 bits per heavy atom. The second kappa shape index (κ2) is 5.99. The first-order valence-electron chi connectivity index (χ1n) is 6.71. The Balaban J connectivity index is 2.15. The van der Waals surface area contributed by atoms with Crippen LogP contribution in [0.4, 0.5) is 0 Å². The van der Waals surface area contributed by atoms with Gasteiger partial charge in [-0.1, -0.05) is 18.2 Å². The average molecular weight is 309 g/mol. The minimum atomic E-state index is -3.56. The van der Waals surface area contributed by atoms with Crippen LogP contribution in [-0.4, -0.2) is 37.9 Å². The number of aryl methyl sites for hydroxylation is 1. The number of nitrogens with zero attached hydrogens (tertiary/aromatic N) is 1. The first-order valence-corrected chi connectivity index (χ1v) is 8.15. The second-order valence-corrected chi connectivity index (χ2v) is 7.17. The smallest absolute Gasteiger partial charge is 0.303 e. The summed E-state index contributed by atoms with van der Waals surface area (Å²) in [5.74, 6) is -0.366. The highest BCUT2D eigenvalue weighted by Crippen LogP contribution is 2.24. The fourth-order valence-electron chi connectivity index (χ4n) is 2.34. The molecule has 0 radical (unpaired) electrons. The molecule has 6 heteroatoms. The van der Waals surface area contributed by atoms with Gasteiger partial charge in [0.25, 0.3) is 0 Å². The van der Waals surface area contributed by atoms with Crippen LogP contribution in [0.5, 0.6) is 0 Å². The third-order valence-corrected chi connectivity index (χ3v) is 5.35. The molecule has 1 aromatic rings. The quantitative estimate of drug-likeness (QED) is 0.629. The van der Waals surface area contributed by atoms with Crippen molar-refractivity contribution in [1.82, 2.24) is 4.31 Å². The van der Waals surface area contributed by atoms with Crippen LogP contribution in [-0.2, 0) is 19.6 Å². The fourth-order valence-corrected chi connectivity index (χ4v) is 3.77. The van der Waals surface area contributed by atoms with Gasteiger partial charge in [-0.05, 0) is 30.7 Å². The lowest BCUT2D eigenvalue weighted by molar-refractivity contribution is -0.144. The summed E-state index contributed by atoms with van der Waals surface area (Å²) in [6, 6.07) is 6.50. The van der Waals surface area contributed by atoms with Gasteiger partial charge in [-0.2, -0.15) is 4.31 Å². The predicted molar refractivity (Wildman–Crippen MR) is 79.2 cm³/mol.